The maximum atomic E-state index is 6.46. The van der Waals surface area contributed by atoms with Crippen molar-refractivity contribution in [3.05, 3.63) is 65.2 Å². The maximum Gasteiger partial charge on any atom is 0.0864 e. The molecule has 4 N–H and O–H groups in total. The fraction of sp³-hybridized carbons (Fsp3) is 0.125. The van der Waals surface area contributed by atoms with Gasteiger partial charge in [0.25, 0.3) is 0 Å². The summed E-state index contributed by atoms with van der Waals surface area (Å²) in [5.74, 6) is 6.03. The highest BCUT2D eigenvalue weighted by atomic mass is 31.0. The van der Waals surface area contributed by atoms with Crippen molar-refractivity contribution < 1.29 is 0 Å². The number of benzene rings is 2. The molecule has 0 saturated heterocycles. The molecule has 21 heavy (non-hydrogen) atoms. The highest BCUT2D eigenvalue weighted by Crippen LogP contribution is 2.36. The number of hydrazine groups is 1. The first-order valence-electron chi connectivity index (χ1n) is 6.77. The summed E-state index contributed by atoms with van der Waals surface area (Å²) in [5, 5.41) is 0. The third-order valence-electron chi connectivity index (χ3n) is 3.80. The van der Waals surface area contributed by atoms with Gasteiger partial charge in [-0.1, -0.05) is 42.5 Å². The van der Waals surface area contributed by atoms with E-state index in [1.165, 1.54) is 10.3 Å². The van der Waals surface area contributed by atoms with Crippen molar-refractivity contribution >= 4 is 26.5 Å². The summed E-state index contributed by atoms with van der Waals surface area (Å²) >= 11 is 0. The van der Waals surface area contributed by atoms with Gasteiger partial charge in [0.05, 0.1) is 11.4 Å². The average Bonchev–Trinajstić information content (AvgIpc) is 2.47. The molecule has 108 valence electrons. The minimum Gasteiger partial charge on any atom is -0.396 e. The first kappa shape index (κ1) is 13.9. The second-order valence-corrected chi connectivity index (χ2v) is 5.76. The van der Waals surface area contributed by atoms with Gasteiger partial charge in [0.15, 0.2) is 0 Å². The fourth-order valence-corrected chi connectivity index (χ4v) is 3.09. The van der Waals surface area contributed by atoms with E-state index in [9.17, 15) is 0 Å². The van der Waals surface area contributed by atoms with Gasteiger partial charge >= 0.3 is 0 Å². The van der Waals surface area contributed by atoms with Crippen LogP contribution >= 0.6 is 9.39 Å². The SMILES string of the molecule is CN1Cc2ccccc2/C(N(N)P)=C(/N)c2ccccc21. The third kappa shape index (κ3) is 2.37. The molecule has 0 amide bonds. The van der Waals surface area contributed by atoms with Crippen molar-refractivity contribution in [3.63, 3.8) is 0 Å². The molecule has 0 saturated carbocycles. The van der Waals surface area contributed by atoms with Crippen LogP contribution in [0.1, 0.15) is 16.7 Å². The van der Waals surface area contributed by atoms with E-state index in [0.29, 0.717) is 5.70 Å². The molecule has 2 aromatic carbocycles. The molecule has 0 bridgehead atoms. The standard InChI is InChI=1S/C16H19N4P/c1-19-10-11-6-2-3-7-12(11)16(20(18)21)15(17)13-8-4-5-9-14(13)19/h2-9H,10,17-18,21H2,1H3/b16-15-. The largest absolute Gasteiger partial charge is 0.396 e. The summed E-state index contributed by atoms with van der Waals surface area (Å²) in [5.41, 5.74) is 12.3. The Morgan fingerprint density at radius 1 is 1.05 bits per heavy atom. The molecule has 1 aliphatic heterocycles. The lowest BCUT2D eigenvalue weighted by molar-refractivity contribution is 0.697. The molecule has 0 radical (unpaired) electrons. The van der Waals surface area contributed by atoms with E-state index in [2.05, 4.69) is 39.5 Å². The van der Waals surface area contributed by atoms with Crippen LogP contribution in [0, 0.1) is 0 Å². The van der Waals surface area contributed by atoms with Crippen LogP contribution in [0.2, 0.25) is 0 Å². The zero-order valence-electron chi connectivity index (χ0n) is 12.0. The molecule has 0 fully saturated rings. The van der Waals surface area contributed by atoms with Gasteiger partial charge < -0.3 is 10.6 Å². The van der Waals surface area contributed by atoms with Crippen molar-refractivity contribution in [3.8, 4) is 0 Å². The Labute approximate surface area is 127 Å². The summed E-state index contributed by atoms with van der Waals surface area (Å²) in [6.07, 6.45) is 0. The molecule has 5 heteroatoms. The van der Waals surface area contributed by atoms with E-state index in [0.717, 1.165) is 29.1 Å². The van der Waals surface area contributed by atoms with Crippen LogP contribution in [-0.4, -0.2) is 11.8 Å². The van der Waals surface area contributed by atoms with Crippen LogP contribution < -0.4 is 16.5 Å². The molecule has 1 aliphatic rings. The summed E-state index contributed by atoms with van der Waals surface area (Å²) in [4.78, 5) is 2.21. The molecule has 1 unspecified atom stereocenters. The minimum atomic E-state index is 0.683. The Kier molecular flexibility index (Phi) is 3.58. The van der Waals surface area contributed by atoms with Crippen molar-refractivity contribution in [2.45, 2.75) is 6.54 Å². The lowest BCUT2D eigenvalue weighted by Crippen LogP contribution is -2.27. The quantitative estimate of drug-likeness (QED) is 0.482. The third-order valence-corrected chi connectivity index (χ3v) is 4.06. The van der Waals surface area contributed by atoms with E-state index >= 15 is 0 Å². The highest BCUT2D eigenvalue weighted by molar-refractivity contribution is 7.14. The lowest BCUT2D eigenvalue weighted by Gasteiger charge is -2.30. The van der Waals surface area contributed by atoms with Crippen molar-refractivity contribution in [2.24, 2.45) is 11.6 Å². The van der Waals surface area contributed by atoms with E-state index in [4.69, 9.17) is 11.6 Å². The van der Waals surface area contributed by atoms with Gasteiger partial charge in [0, 0.05) is 30.4 Å². The summed E-state index contributed by atoms with van der Waals surface area (Å²) in [6, 6.07) is 16.3. The first-order valence-corrected chi connectivity index (χ1v) is 7.29. The van der Waals surface area contributed by atoms with Gasteiger partial charge in [-0.15, -0.1) is 0 Å². The van der Waals surface area contributed by atoms with Gasteiger partial charge in [-0.2, -0.15) is 0 Å². The fourth-order valence-electron chi connectivity index (χ4n) is 2.81. The molecule has 0 aliphatic carbocycles. The monoisotopic (exact) mass is 298 g/mol. The number of para-hydroxylation sites is 1. The molecule has 4 nitrogen and oxygen atoms in total. The zero-order valence-corrected chi connectivity index (χ0v) is 13.1. The van der Waals surface area contributed by atoms with Crippen molar-refractivity contribution in [2.75, 3.05) is 11.9 Å². The molecule has 2 aromatic rings. The van der Waals surface area contributed by atoms with Crippen molar-refractivity contribution in [1.82, 2.24) is 4.78 Å². The van der Waals surface area contributed by atoms with E-state index in [1.807, 2.05) is 30.3 Å². The van der Waals surface area contributed by atoms with Gasteiger partial charge in [-0.05, 0) is 21.0 Å². The summed E-state index contributed by atoms with van der Waals surface area (Å²) in [7, 11) is 4.57. The minimum absolute atomic E-state index is 0.683. The number of fused-ring (bicyclic) bond motifs is 2. The smallest absolute Gasteiger partial charge is 0.0864 e. The Hall–Kier alpha value is -2.03. The van der Waals surface area contributed by atoms with Gasteiger partial charge in [-0.25, -0.2) is 5.84 Å². The number of nitrogens with zero attached hydrogens (tertiary/aromatic N) is 2. The maximum absolute atomic E-state index is 6.46. The second kappa shape index (κ2) is 5.40. The van der Waals surface area contributed by atoms with Gasteiger partial charge in [0.1, 0.15) is 0 Å². The first-order chi connectivity index (χ1) is 10.1. The highest BCUT2D eigenvalue weighted by Gasteiger charge is 2.21. The Bertz CT molecular complexity index is 709. The number of hydrogen-bond acceptors (Lipinski definition) is 4. The van der Waals surface area contributed by atoms with Gasteiger partial charge in [-0.3, -0.25) is 4.78 Å². The van der Waals surface area contributed by atoms with E-state index < -0.39 is 0 Å². The molecule has 0 spiro atoms. The molecule has 3 rings (SSSR count). The lowest BCUT2D eigenvalue weighted by atomic mass is 9.97. The number of nitrogens with two attached hydrogens (primary N) is 2. The second-order valence-electron chi connectivity index (χ2n) is 5.20. The van der Waals surface area contributed by atoms with Crippen LogP contribution in [0.15, 0.2) is 48.5 Å². The van der Waals surface area contributed by atoms with Gasteiger partial charge in [0.2, 0.25) is 0 Å². The average molecular weight is 298 g/mol. The van der Waals surface area contributed by atoms with Crippen LogP contribution in [0.4, 0.5) is 5.69 Å². The van der Waals surface area contributed by atoms with Crippen molar-refractivity contribution in [1.29, 1.82) is 0 Å². The molecule has 0 aromatic heterocycles. The number of anilines is 1. The Morgan fingerprint density at radius 3 is 2.38 bits per heavy atom. The Balaban J connectivity index is 2.35. The summed E-state index contributed by atoms with van der Waals surface area (Å²) < 4.78 is 1.52. The number of rotatable bonds is 1. The van der Waals surface area contributed by atoms with Crippen LogP contribution in [0.25, 0.3) is 11.4 Å². The Morgan fingerprint density at radius 2 is 1.67 bits per heavy atom. The van der Waals surface area contributed by atoms with E-state index in [-0.39, 0.29) is 0 Å². The topological polar surface area (TPSA) is 58.5 Å². The van der Waals surface area contributed by atoms with Crippen LogP contribution in [-0.2, 0) is 6.54 Å². The molecule has 1 heterocycles. The predicted octanol–water partition coefficient (Wildman–Crippen LogP) is 2.39. The molecule has 1 atom stereocenters. The summed E-state index contributed by atoms with van der Waals surface area (Å²) in [6.45, 7) is 0.808. The van der Waals surface area contributed by atoms with Crippen LogP contribution in [0.5, 0.6) is 0 Å². The van der Waals surface area contributed by atoms with Crippen LogP contribution in [0.3, 0.4) is 0 Å². The zero-order chi connectivity index (χ0) is 15.0. The predicted molar refractivity (Wildman–Crippen MR) is 91.7 cm³/mol. The molecular formula is C16H19N4P. The normalized spacial score (nSPS) is 17.6. The van der Waals surface area contributed by atoms with E-state index in [1.54, 1.807) is 0 Å². The number of hydrogen-bond donors (Lipinski definition) is 2. The molecular weight excluding hydrogens is 279 g/mol.